The molecule has 11 rings (SSSR count). The van der Waals surface area contributed by atoms with Gasteiger partial charge in [-0.3, -0.25) is 0 Å². The van der Waals surface area contributed by atoms with E-state index < -0.39 is 0 Å². The highest BCUT2D eigenvalue weighted by Crippen LogP contribution is 2.33. The minimum absolute atomic E-state index is 0.173. The van der Waals surface area contributed by atoms with E-state index in [0.29, 0.717) is 103 Å². The summed E-state index contributed by atoms with van der Waals surface area (Å²) in [6.45, 7) is 3.20. The molecule has 0 aliphatic rings. The Kier molecular flexibility index (Phi) is 21.1. The normalized spacial score (nSPS) is 10.8. The zero-order valence-corrected chi connectivity index (χ0v) is 49.7. The first-order valence-electron chi connectivity index (χ1n) is 29.3. The summed E-state index contributed by atoms with van der Waals surface area (Å²) >= 11 is 4.68. The molecular formula is C77H68O10S. The zero-order valence-electron chi connectivity index (χ0n) is 48.8. The number of hydrogen-bond donors (Lipinski definition) is 1. The van der Waals surface area contributed by atoms with Crippen molar-refractivity contribution in [3.63, 3.8) is 0 Å². The van der Waals surface area contributed by atoms with Crippen LogP contribution in [0.2, 0.25) is 0 Å². The van der Waals surface area contributed by atoms with E-state index in [2.05, 4.69) is 12.6 Å². The van der Waals surface area contributed by atoms with E-state index in [-0.39, 0.29) is 26.4 Å². The van der Waals surface area contributed by atoms with Gasteiger partial charge in [0.15, 0.2) is 0 Å². The summed E-state index contributed by atoms with van der Waals surface area (Å²) in [6.07, 6.45) is 0. The first-order valence-corrected chi connectivity index (χ1v) is 29.9. The number of thiol groups is 1. The zero-order chi connectivity index (χ0) is 59.8. The average molecular weight is 1190 g/mol. The molecule has 0 aliphatic carbocycles. The summed E-state index contributed by atoms with van der Waals surface area (Å²) in [5, 5.41) is 0. The Hall–Kier alpha value is -10.2. The molecule has 442 valence electrons. The summed E-state index contributed by atoms with van der Waals surface area (Å²) in [4.78, 5) is 0. The second-order valence-electron chi connectivity index (χ2n) is 21.0. The minimum atomic E-state index is 0.173. The maximum atomic E-state index is 6.69. The number of hydrogen-bond acceptors (Lipinski definition) is 11. The van der Waals surface area contributed by atoms with Crippen LogP contribution in [-0.2, 0) is 71.8 Å². The van der Waals surface area contributed by atoms with Crippen LogP contribution in [0.3, 0.4) is 0 Å². The molecule has 0 N–H and O–H groups in total. The lowest BCUT2D eigenvalue weighted by molar-refractivity contribution is 0.271. The van der Waals surface area contributed by atoms with Crippen molar-refractivity contribution in [3.8, 4) is 57.5 Å². The van der Waals surface area contributed by atoms with Crippen molar-refractivity contribution in [2.45, 2.75) is 71.8 Å². The Morgan fingerprint density at radius 1 is 0.159 bits per heavy atom. The predicted octanol–water partition coefficient (Wildman–Crippen LogP) is 17.9. The third-order valence-electron chi connectivity index (χ3n) is 14.0. The van der Waals surface area contributed by atoms with Crippen molar-refractivity contribution < 1.29 is 47.4 Å². The summed E-state index contributed by atoms with van der Waals surface area (Å²) in [5.74, 6) is 6.81. The van der Waals surface area contributed by atoms with Crippen LogP contribution in [0.15, 0.2) is 273 Å². The van der Waals surface area contributed by atoms with Gasteiger partial charge < -0.3 is 47.4 Å². The lowest BCUT2D eigenvalue weighted by Gasteiger charge is -2.16. The van der Waals surface area contributed by atoms with E-state index in [1.165, 1.54) is 0 Å². The molecule has 0 aromatic heterocycles. The van der Waals surface area contributed by atoms with E-state index >= 15 is 0 Å². The molecular weight excluding hydrogens is 1120 g/mol. The van der Waals surface area contributed by atoms with Gasteiger partial charge in [-0.2, -0.15) is 12.6 Å². The summed E-state index contributed by atoms with van der Waals surface area (Å²) < 4.78 is 64.6. The fourth-order valence-electron chi connectivity index (χ4n) is 9.52. The minimum Gasteiger partial charge on any atom is -0.489 e. The van der Waals surface area contributed by atoms with Crippen molar-refractivity contribution in [3.05, 3.63) is 334 Å². The lowest BCUT2D eigenvalue weighted by Crippen LogP contribution is -2.04. The van der Waals surface area contributed by atoms with Gasteiger partial charge in [0.05, 0.1) is 0 Å². The smallest absolute Gasteiger partial charge is 0.123 e. The first kappa shape index (κ1) is 59.5. The first-order chi connectivity index (χ1) is 43.4. The van der Waals surface area contributed by atoms with Gasteiger partial charge in [-0.05, 0) is 122 Å². The monoisotopic (exact) mass is 1180 g/mol. The van der Waals surface area contributed by atoms with Crippen LogP contribution in [0.25, 0.3) is 0 Å². The predicted molar refractivity (Wildman–Crippen MR) is 347 cm³/mol. The largest absolute Gasteiger partial charge is 0.489 e. The molecule has 0 fully saturated rings. The van der Waals surface area contributed by atoms with Crippen LogP contribution in [0.1, 0.15) is 61.2 Å². The Morgan fingerprint density at radius 3 is 0.443 bits per heavy atom. The molecule has 10 nitrogen and oxygen atoms in total. The second kappa shape index (κ2) is 31.2. The highest BCUT2D eigenvalue weighted by atomic mass is 32.1. The maximum Gasteiger partial charge on any atom is 0.123 e. The molecule has 0 atom stereocenters. The van der Waals surface area contributed by atoms with Gasteiger partial charge in [0.1, 0.15) is 124 Å². The van der Waals surface area contributed by atoms with Crippen LogP contribution in [-0.4, -0.2) is 0 Å². The quantitative estimate of drug-likeness (QED) is 0.0424. The Balaban J connectivity index is 0.837. The molecule has 11 aromatic carbocycles. The highest BCUT2D eigenvalue weighted by Gasteiger charge is 2.14. The highest BCUT2D eigenvalue weighted by molar-refractivity contribution is 7.79. The van der Waals surface area contributed by atoms with Gasteiger partial charge >= 0.3 is 0 Å². The molecule has 88 heavy (non-hydrogen) atoms. The van der Waals surface area contributed by atoms with Crippen molar-refractivity contribution >= 4 is 12.6 Å². The van der Waals surface area contributed by atoms with Crippen LogP contribution in [0.5, 0.6) is 57.5 Å². The van der Waals surface area contributed by atoms with E-state index in [1.807, 2.05) is 273 Å². The van der Waals surface area contributed by atoms with E-state index in [0.717, 1.165) is 61.2 Å². The van der Waals surface area contributed by atoms with Crippen molar-refractivity contribution in [1.82, 2.24) is 0 Å². The van der Waals surface area contributed by atoms with Crippen LogP contribution >= 0.6 is 12.6 Å². The van der Waals surface area contributed by atoms with Gasteiger partial charge in [0, 0.05) is 36.1 Å². The molecule has 0 spiro atoms. The summed E-state index contributed by atoms with van der Waals surface area (Å²) in [6, 6.07) is 89.8. The van der Waals surface area contributed by atoms with Crippen molar-refractivity contribution in [1.29, 1.82) is 0 Å². The molecule has 0 unspecified atom stereocenters. The molecule has 0 aliphatic heterocycles. The summed E-state index contributed by atoms with van der Waals surface area (Å²) in [5.41, 5.74) is 10.6. The third kappa shape index (κ3) is 18.9. The molecule has 0 saturated heterocycles. The molecule has 0 amide bonds. The van der Waals surface area contributed by atoms with Crippen LogP contribution in [0.4, 0.5) is 0 Å². The number of ether oxygens (including phenoxy) is 10. The summed E-state index contributed by atoms with van der Waals surface area (Å²) in [7, 11) is 0. The molecule has 0 bridgehead atoms. The second-order valence-corrected chi connectivity index (χ2v) is 21.3. The topological polar surface area (TPSA) is 92.3 Å². The molecule has 0 heterocycles. The van der Waals surface area contributed by atoms with Crippen molar-refractivity contribution in [2.75, 3.05) is 0 Å². The van der Waals surface area contributed by atoms with Crippen LogP contribution in [0, 0.1) is 0 Å². The average Bonchev–Trinajstić information content (AvgIpc) is 3.64. The Bertz CT molecular complexity index is 3570. The van der Waals surface area contributed by atoms with Gasteiger partial charge in [-0.1, -0.05) is 182 Å². The van der Waals surface area contributed by atoms with Crippen molar-refractivity contribution in [2.24, 2.45) is 0 Å². The van der Waals surface area contributed by atoms with Gasteiger partial charge in [-0.15, -0.1) is 0 Å². The SMILES string of the molecule is SCc1cc(OCc2cc(OCc3ccccc3)cc(OCc3ccccc3)c2)cc(OCc2cc(OCc3cc(OCc4ccccc4)cc(OCc4ccccc4)c3)cc(OCc3cc(OCc4ccccc4)cc(OCc4ccccc4)c3)c2)c1. The Morgan fingerprint density at radius 2 is 0.295 bits per heavy atom. The third-order valence-corrected chi connectivity index (χ3v) is 14.4. The fourth-order valence-corrected chi connectivity index (χ4v) is 9.71. The standard InChI is InChI=1S/C77H68O10S/c88-56-67-39-76(86-54-65-35-72(82-50-61-27-15-5-16-28-61)43-73(36-65)83-51-62-29-17-6-18-30-62)45-77(40-67)87-55-66-37-74(84-52-63-31-68(78-46-57-19-7-1-8-20-57)41-69(32-63)79-47-58-21-9-2-10-22-58)44-75(38-66)85-53-64-33-70(80-48-59-23-11-3-12-24-59)42-71(34-64)81-49-60-25-13-4-14-26-60/h1-45,88H,46-56H2. The Labute approximate surface area is 520 Å². The molecule has 11 heteroatoms. The fraction of sp³-hybridized carbons (Fsp3) is 0.143. The van der Waals surface area contributed by atoms with Crippen LogP contribution < -0.4 is 47.4 Å². The van der Waals surface area contributed by atoms with E-state index in [1.54, 1.807) is 0 Å². The molecule has 0 saturated carbocycles. The molecule has 11 aromatic rings. The van der Waals surface area contributed by atoms with Gasteiger partial charge in [0.2, 0.25) is 0 Å². The van der Waals surface area contributed by atoms with E-state index in [4.69, 9.17) is 47.4 Å². The number of rotatable bonds is 31. The number of benzene rings is 11. The van der Waals surface area contributed by atoms with Gasteiger partial charge in [-0.25, -0.2) is 0 Å². The van der Waals surface area contributed by atoms with Gasteiger partial charge in [0.25, 0.3) is 0 Å². The molecule has 0 radical (unpaired) electrons. The maximum absolute atomic E-state index is 6.69. The lowest BCUT2D eigenvalue weighted by atomic mass is 10.1. The van der Waals surface area contributed by atoms with E-state index in [9.17, 15) is 0 Å².